The summed E-state index contributed by atoms with van der Waals surface area (Å²) < 4.78 is 0. The van der Waals surface area contributed by atoms with Crippen LogP contribution in [0, 0.1) is 0 Å². The minimum Gasteiger partial charge on any atom is -0.371 e. The van der Waals surface area contributed by atoms with Crippen LogP contribution in [0.4, 0.5) is 5.69 Å². The number of hydrogen-bond acceptors (Lipinski definition) is 2. The first kappa shape index (κ1) is 9.53. The summed E-state index contributed by atoms with van der Waals surface area (Å²) in [5.41, 5.74) is 8.56. The maximum absolute atomic E-state index is 5.96. The molecule has 0 saturated carbocycles. The second-order valence-electron chi connectivity index (χ2n) is 4.04. The van der Waals surface area contributed by atoms with Gasteiger partial charge in [0.25, 0.3) is 0 Å². The number of benzene rings is 1. The first-order valence-corrected chi connectivity index (χ1v) is 5.38. The fraction of sp³-hybridized carbons (Fsp3) is 0.500. The molecule has 2 rings (SSSR count). The first-order valence-electron chi connectivity index (χ1n) is 5.38. The number of anilines is 1. The lowest BCUT2D eigenvalue weighted by molar-refractivity contribution is 0.805. The van der Waals surface area contributed by atoms with Crippen LogP contribution in [0.15, 0.2) is 24.3 Å². The van der Waals surface area contributed by atoms with E-state index in [1.54, 1.807) is 0 Å². The summed E-state index contributed by atoms with van der Waals surface area (Å²) in [5.74, 6) is 0. The van der Waals surface area contributed by atoms with Crippen LogP contribution in [0.5, 0.6) is 0 Å². The van der Waals surface area contributed by atoms with Crippen LogP contribution < -0.4 is 10.6 Å². The molecule has 0 aromatic heterocycles. The highest BCUT2D eigenvalue weighted by Crippen LogP contribution is 2.27. The molecule has 1 aromatic rings. The predicted molar refractivity (Wildman–Crippen MR) is 60.5 cm³/mol. The van der Waals surface area contributed by atoms with Crippen molar-refractivity contribution in [2.45, 2.75) is 25.8 Å². The van der Waals surface area contributed by atoms with E-state index >= 15 is 0 Å². The quantitative estimate of drug-likeness (QED) is 0.775. The zero-order chi connectivity index (χ0) is 9.97. The summed E-state index contributed by atoms with van der Waals surface area (Å²) in [7, 11) is 0. The monoisotopic (exact) mass is 190 g/mol. The number of nitrogens with two attached hydrogens (primary N) is 1. The van der Waals surface area contributed by atoms with E-state index in [-0.39, 0.29) is 6.04 Å². The average molecular weight is 190 g/mol. The van der Waals surface area contributed by atoms with Crippen molar-refractivity contribution in [2.75, 3.05) is 18.0 Å². The zero-order valence-electron chi connectivity index (χ0n) is 8.74. The fourth-order valence-electron chi connectivity index (χ4n) is 2.12. The molecule has 0 bridgehead atoms. The Morgan fingerprint density at radius 1 is 1.21 bits per heavy atom. The van der Waals surface area contributed by atoms with Gasteiger partial charge in [-0.2, -0.15) is 0 Å². The molecule has 14 heavy (non-hydrogen) atoms. The van der Waals surface area contributed by atoms with Crippen molar-refractivity contribution >= 4 is 5.69 Å². The van der Waals surface area contributed by atoms with Gasteiger partial charge in [-0.15, -0.1) is 0 Å². The van der Waals surface area contributed by atoms with Crippen molar-refractivity contribution in [3.63, 3.8) is 0 Å². The van der Waals surface area contributed by atoms with E-state index in [2.05, 4.69) is 36.1 Å². The van der Waals surface area contributed by atoms with Crippen LogP contribution in [0.2, 0.25) is 0 Å². The molecule has 1 heterocycles. The average Bonchev–Trinajstić information content (AvgIpc) is 2.70. The van der Waals surface area contributed by atoms with Crippen molar-refractivity contribution < 1.29 is 0 Å². The molecule has 76 valence electrons. The topological polar surface area (TPSA) is 29.3 Å². The van der Waals surface area contributed by atoms with Crippen LogP contribution in [0.3, 0.4) is 0 Å². The standard InChI is InChI=1S/C12H18N2/c1-10(13)11-6-2-3-7-12(11)14-8-4-5-9-14/h2-3,6-7,10H,4-5,8-9,13H2,1H3/t10-/m0/s1. The zero-order valence-corrected chi connectivity index (χ0v) is 8.74. The van der Waals surface area contributed by atoms with E-state index in [0.717, 1.165) is 0 Å². The molecule has 0 spiro atoms. The van der Waals surface area contributed by atoms with Crippen LogP contribution >= 0.6 is 0 Å². The molecule has 1 aliphatic rings. The highest BCUT2D eigenvalue weighted by molar-refractivity contribution is 5.55. The maximum atomic E-state index is 5.96. The number of nitrogens with zero attached hydrogens (tertiary/aromatic N) is 1. The molecule has 1 saturated heterocycles. The van der Waals surface area contributed by atoms with Gasteiger partial charge in [-0.05, 0) is 31.4 Å². The van der Waals surface area contributed by atoms with E-state index in [9.17, 15) is 0 Å². The van der Waals surface area contributed by atoms with E-state index < -0.39 is 0 Å². The van der Waals surface area contributed by atoms with Crippen LogP contribution in [0.1, 0.15) is 31.4 Å². The Morgan fingerprint density at radius 2 is 1.86 bits per heavy atom. The maximum Gasteiger partial charge on any atom is 0.0414 e. The van der Waals surface area contributed by atoms with Gasteiger partial charge in [-0.25, -0.2) is 0 Å². The van der Waals surface area contributed by atoms with Crippen LogP contribution in [-0.4, -0.2) is 13.1 Å². The molecule has 2 N–H and O–H groups in total. The summed E-state index contributed by atoms with van der Waals surface area (Å²) in [6.07, 6.45) is 2.63. The summed E-state index contributed by atoms with van der Waals surface area (Å²) in [5, 5.41) is 0. The Balaban J connectivity index is 2.30. The number of hydrogen-bond donors (Lipinski definition) is 1. The highest BCUT2D eigenvalue weighted by Gasteiger charge is 2.16. The van der Waals surface area contributed by atoms with Crippen LogP contribution in [-0.2, 0) is 0 Å². The molecule has 1 aliphatic heterocycles. The van der Waals surface area contributed by atoms with Crippen molar-refractivity contribution in [3.8, 4) is 0 Å². The van der Waals surface area contributed by atoms with Gasteiger partial charge in [0.2, 0.25) is 0 Å². The lowest BCUT2D eigenvalue weighted by atomic mass is 10.1. The largest absolute Gasteiger partial charge is 0.371 e. The molecule has 1 aromatic carbocycles. The number of para-hydroxylation sites is 1. The SMILES string of the molecule is C[C@H](N)c1ccccc1N1CCCC1. The molecular formula is C12H18N2. The summed E-state index contributed by atoms with van der Waals surface area (Å²) in [6.45, 7) is 4.42. The molecule has 1 fully saturated rings. The highest BCUT2D eigenvalue weighted by atomic mass is 15.1. The van der Waals surface area contributed by atoms with Gasteiger partial charge >= 0.3 is 0 Å². The van der Waals surface area contributed by atoms with E-state index in [1.165, 1.54) is 37.2 Å². The van der Waals surface area contributed by atoms with Crippen molar-refractivity contribution in [1.82, 2.24) is 0 Å². The van der Waals surface area contributed by atoms with E-state index in [4.69, 9.17) is 5.73 Å². The van der Waals surface area contributed by atoms with Crippen molar-refractivity contribution in [3.05, 3.63) is 29.8 Å². The Hall–Kier alpha value is -1.02. The lowest BCUT2D eigenvalue weighted by Gasteiger charge is -2.22. The molecule has 0 unspecified atom stereocenters. The van der Waals surface area contributed by atoms with Crippen molar-refractivity contribution in [1.29, 1.82) is 0 Å². The Kier molecular flexibility index (Phi) is 2.73. The van der Waals surface area contributed by atoms with Gasteiger partial charge in [0.05, 0.1) is 0 Å². The van der Waals surface area contributed by atoms with Gasteiger partial charge in [0.1, 0.15) is 0 Å². The van der Waals surface area contributed by atoms with E-state index in [1.807, 2.05) is 0 Å². The molecule has 2 nitrogen and oxygen atoms in total. The third kappa shape index (κ3) is 1.75. The van der Waals surface area contributed by atoms with Crippen LogP contribution in [0.25, 0.3) is 0 Å². The van der Waals surface area contributed by atoms with E-state index in [0.29, 0.717) is 0 Å². The van der Waals surface area contributed by atoms with Gasteiger partial charge in [-0.1, -0.05) is 18.2 Å². The predicted octanol–water partition coefficient (Wildman–Crippen LogP) is 2.31. The number of rotatable bonds is 2. The minimum atomic E-state index is 0.131. The molecule has 1 atom stereocenters. The first-order chi connectivity index (χ1) is 6.79. The normalized spacial score (nSPS) is 18.6. The van der Waals surface area contributed by atoms with Crippen molar-refractivity contribution in [2.24, 2.45) is 5.73 Å². The molecule has 0 radical (unpaired) electrons. The summed E-state index contributed by atoms with van der Waals surface area (Å²) in [4.78, 5) is 2.44. The Bertz CT molecular complexity index is 301. The Labute approximate surface area is 85.7 Å². The second-order valence-corrected chi connectivity index (χ2v) is 4.04. The minimum absolute atomic E-state index is 0.131. The third-order valence-electron chi connectivity index (χ3n) is 2.87. The van der Waals surface area contributed by atoms with Gasteiger partial charge in [0.15, 0.2) is 0 Å². The summed E-state index contributed by atoms with van der Waals surface area (Å²) in [6, 6.07) is 8.62. The van der Waals surface area contributed by atoms with Gasteiger partial charge in [-0.3, -0.25) is 0 Å². The fourth-order valence-corrected chi connectivity index (χ4v) is 2.12. The smallest absolute Gasteiger partial charge is 0.0414 e. The van der Waals surface area contributed by atoms with Gasteiger partial charge < -0.3 is 10.6 Å². The third-order valence-corrected chi connectivity index (χ3v) is 2.87. The molecular weight excluding hydrogens is 172 g/mol. The molecule has 0 amide bonds. The second kappa shape index (κ2) is 4.01. The molecule has 2 heteroatoms. The Morgan fingerprint density at radius 3 is 2.50 bits per heavy atom. The lowest BCUT2D eigenvalue weighted by Crippen LogP contribution is -2.21. The van der Waals surface area contributed by atoms with Gasteiger partial charge in [0, 0.05) is 24.8 Å². The molecule has 0 aliphatic carbocycles. The summed E-state index contributed by atoms with van der Waals surface area (Å²) >= 11 is 0.